The van der Waals surface area contributed by atoms with Crippen molar-refractivity contribution in [1.82, 2.24) is 0 Å². The monoisotopic (exact) mass is 204 g/mol. The van der Waals surface area contributed by atoms with E-state index in [1.54, 1.807) is 0 Å². The van der Waals surface area contributed by atoms with E-state index in [1.165, 1.54) is 11.3 Å². The predicted molar refractivity (Wildman–Crippen MR) is 62.4 cm³/mol. The summed E-state index contributed by atoms with van der Waals surface area (Å²) in [6.07, 6.45) is 0.716. The summed E-state index contributed by atoms with van der Waals surface area (Å²) < 4.78 is 0. The SMILES string of the molecule is CN1CC(C)(C)c2cc(NC=O)ccc21. The van der Waals surface area contributed by atoms with Crippen molar-refractivity contribution in [2.75, 3.05) is 23.8 Å². The topological polar surface area (TPSA) is 32.3 Å². The Bertz CT molecular complexity index is 399. The van der Waals surface area contributed by atoms with Crippen LogP contribution in [-0.4, -0.2) is 20.0 Å². The largest absolute Gasteiger partial charge is 0.373 e. The zero-order chi connectivity index (χ0) is 11.1. The highest BCUT2D eigenvalue weighted by atomic mass is 16.1. The van der Waals surface area contributed by atoms with Crippen molar-refractivity contribution in [3.05, 3.63) is 23.8 Å². The molecule has 3 nitrogen and oxygen atoms in total. The Hall–Kier alpha value is -1.51. The summed E-state index contributed by atoms with van der Waals surface area (Å²) in [6, 6.07) is 6.06. The number of amides is 1. The summed E-state index contributed by atoms with van der Waals surface area (Å²) in [6.45, 7) is 5.47. The molecule has 15 heavy (non-hydrogen) atoms. The Kier molecular flexibility index (Phi) is 2.18. The van der Waals surface area contributed by atoms with Crippen molar-refractivity contribution in [3.8, 4) is 0 Å². The smallest absolute Gasteiger partial charge is 0.211 e. The lowest BCUT2D eigenvalue weighted by atomic mass is 9.87. The van der Waals surface area contributed by atoms with Crippen LogP contribution in [0.25, 0.3) is 0 Å². The fraction of sp³-hybridized carbons (Fsp3) is 0.417. The summed E-state index contributed by atoms with van der Waals surface area (Å²) in [5.74, 6) is 0. The zero-order valence-corrected chi connectivity index (χ0v) is 9.37. The van der Waals surface area contributed by atoms with Gasteiger partial charge >= 0.3 is 0 Å². The minimum atomic E-state index is 0.157. The van der Waals surface area contributed by atoms with Gasteiger partial charge in [0.1, 0.15) is 0 Å². The lowest BCUT2D eigenvalue weighted by Gasteiger charge is -2.18. The van der Waals surface area contributed by atoms with Gasteiger partial charge in [-0.1, -0.05) is 13.8 Å². The van der Waals surface area contributed by atoms with E-state index in [4.69, 9.17) is 0 Å². The van der Waals surface area contributed by atoms with Crippen molar-refractivity contribution in [2.45, 2.75) is 19.3 Å². The molecule has 0 radical (unpaired) electrons. The van der Waals surface area contributed by atoms with Gasteiger partial charge in [0.15, 0.2) is 0 Å². The van der Waals surface area contributed by atoms with Crippen molar-refractivity contribution in [1.29, 1.82) is 0 Å². The summed E-state index contributed by atoms with van der Waals surface area (Å²) in [5.41, 5.74) is 3.59. The molecule has 1 aromatic carbocycles. The molecule has 2 rings (SSSR count). The Morgan fingerprint density at radius 1 is 1.47 bits per heavy atom. The zero-order valence-electron chi connectivity index (χ0n) is 9.37. The first-order chi connectivity index (χ1) is 7.04. The highest BCUT2D eigenvalue weighted by molar-refractivity contribution is 5.75. The van der Waals surface area contributed by atoms with E-state index in [0.29, 0.717) is 6.41 Å². The minimum absolute atomic E-state index is 0.157. The maximum atomic E-state index is 10.4. The third-order valence-electron chi connectivity index (χ3n) is 2.99. The Morgan fingerprint density at radius 3 is 2.87 bits per heavy atom. The van der Waals surface area contributed by atoms with E-state index in [1.807, 2.05) is 6.07 Å². The number of rotatable bonds is 2. The lowest BCUT2D eigenvalue weighted by Crippen LogP contribution is -2.24. The van der Waals surface area contributed by atoms with E-state index in [-0.39, 0.29) is 5.41 Å². The van der Waals surface area contributed by atoms with Gasteiger partial charge in [0, 0.05) is 30.4 Å². The number of hydrogen-bond acceptors (Lipinski definition) is 2. The van der Waals surface area contributed by atoms with Gasteiger partial charge in [0.05, 0.1) is 0 Å². The van der Waals surface area contributed by atoms with Crippen LogP contribution in [0.4, 0.5) is 11.4 Å². The fourth-order valence-corrected chi connectivity index (χ4v) is 2.33. The van der Waals surface area contributed by atoms with Gasteiger partial charge < -0.3 is 10.2 Å². The molecule has 0 atom stereocenters. The molecule has 80 valence electrons. The van der Waals surface area contributed by atoms with Crippen molar-refractivity contribution in [2.24, 2.45) is 0 Å². The number of nitrogens with zero attached hydrogens (tertiary/aromatic N) is 1. The second-order valence-electron chi connectivity index (χ2n) is 4.73. The molecule has 1 N–H and O–H groups in total. The molecule has 0 bridgehead atoms. The number of carbonyl (C=O) groups is 1. The maximum absolute atomic E-state index is 10.4. The summed E-state index contributed by atoms with van der Waals surface area (Å²) in [4.78, 5) is 12.6. The predicted octanol–water partition coefficient (Wildman–Crippen LogP) is 1.98. The van der Waals surface area contributed by atoms with E-state index < -0.39 is 0 Å². The molecule has 0 aliphatic carbocycles. The average Bonchev–Trinajstić information content (AvgIpc) is 2.38. The number of carbonyl (C=O) groups excluding carboxylic acids is 1. The Balaban J connectivity index is 2.47. The first kappa shape index (κ1) is 10.0. The second-order valence-corrected chi connectivity index (χ2v) is 4.73. The molecular formula is C12H16N2O. The highest BCUT2D eigenvalue weighted by Gasteiger charge is 2.33. The Morgan fingerprint density at radius 2 is 2.20 bits per heavy atom. The van der Waals surface area contributed by atoms with Crippen LogP contribution in [-0.2, 0) is 10.2 Å². The van der Waals surface area contributed by atoms with Crippen LogP contribution < -0.4 is 10.2 Å². The van der Waals surface area contributed by atoms with Gasteiger partial charge in [0.2, 0.25) is 6.41 Å². The van der Waals surface area contributed by atoms with Crippen LogP contribution >= 0.6 is 0 Å². The molecule has 0 aromatic heterocycles. The van der Waals surface area contributed by atoms with Crippen LogP contribution in [0.1, 0.15) is 19.4 Å². The number of anilines is 2. The number of likely N-dealkylation sites (N-methyl/N-ethyl adjacent to an activating group) is 1. The number of nitrogens with one attached hydrogen (secondary N) is 1. The molecular weight excluding hydrogens is 188 g/mol. The van der Waals surface area contributed by atoms with Gasteiger partial charge in [-0.3, -0.25) is 4.79 Å². The normalized spacial score (nSPS) is 17.4. The molecule has 0 saturated carbocycles. The van der Waals surface area contributed by atoms with Crippen LogP contribution in [0.15, 0.2) is 18.2 Å². The van der Waals surface area contributed by atoms with Crippen LogP contribution in [0.3, 0.4) is 0 Å². The van der Waals surface area contributed by atoms with Gasteiger partial charge in [-0.15, -0.1) is 0 Å². The summed E-state index contributed by atoms with van der Waals surface area (Å²) in [5, 5.41) is 2.69. The average molecular weight is 204 g/mol. The van der Waals surface area contributed by atoms with E-state index in [9.17, 15) is 4.79 Å². The number of fused-ring (bicyclic) bond motifs is 1. The van der Waals surface area contributed by atoms with E-state index in [0.717, 1.165) is 12.2 Å². The van der Waals surface area contributed by atoms with Crippen LogP contribution in [0, 0.1) is 0 Å². The molecule has 0 fully saturated rings. The first-order valence-corrected chi connectivity index (χ1v) is 5.10. The number of hydrogen-bond donors (Lipinski definition) is 1. The van der Waals surface area contributed by atoms with Crippen molar-refractivity contribution < 1.29 is 4.79 Å². The third kappa shape index (κ3) is 1.58. The highest BCUT2D eigenvalue weighted by Crippen LogP contribution is 2.40. The molecule has 1 aliphatic rings. The Labute approximate surface area is 90.1 Å². The molecule has 1 heterocycles. The summed E-state index contributed by atoms with van der Waals surface area (Å²) in [7, 11) is 2.10. The lowest BCUT2D eigenvalue weighted by molar-refractivity contribution is -0.105. The summed E-state index contributed by atoms with van der Waals surface area (Å²) >= 11 is 0. The third-order valence-corrected chi connectivity index (χ3v) is 2.99. The number of benzene rings is 1. The molecule has 1 aromatic rings. The second kappa shape index (κ2) is 3.26. The molecule has 0 unspecified atom stereocenters. The fourth-order valence-electron chi connectivity index (χ4n) is 2.33. The molecule has 0 saturated heterocycles. The molecule has 0 spiro atoms. The van der Waals surface area contributed by atoms with Gasteiger partial charge in [-0.25, -0.2) is 0 Å². The molecule has 3 heteroatoms. The molecule has 1 aliphatic heterocycles. The van der Waals surface area contributed by atoms with Gasteiger partial charge in [-0.2, -0.15) is 0 Å². The van der Waals surface area contributed by atoms with E-state index in [2.05, 4.69) is 43.2 Å². The molecule has 1 amide bonds. The van der Waals surface area contributed by atoms with Gasteiger partial charge in [-0.05, 0) is 23.8 Å². The van der Waals surface area contributed by atoms with Crippen LogP contribution in [0.2, 0.25) is 0 Å². The van der Waals surface area contributed by atoms with Gasteiger partial charge in [0.25, 0.3) is 0 Å². The standard InChI is InChI=1S/C12H16N2O/c1-12(2)7-14(3)11-5-4-9(13-8-15)6-10(11)12/h4-6,8H,7H2,1-3H3,(H,13,15). The van der Waals surface area contributed by atoms with E-state index >= 15 is 0 Å². The van der Waals surface area contributed by atoms with Crippen LogP contribution in [0.5, 0.6) is 0 Å². The maximum Gasteiger partial charge on any atom is 0.211 e. The quantitative estimate of drug-likeness (QED) is 0.747. The van der Waals surface area contributed by atoms with Crippen molar-refractivity contribution in [3.63, 3.8) is 0 Å². The van der Waals surface area contributed by atoms with Crippen molar-refractivity contribution >= 4 is 17.8 Å². The minimum Gasteiger partial charge on any atom is -0.373 e. The first-order valence-electron chi connectivity index (χ1n) is 5.10.